The quantitative estimate of drug-likeness (QED) is 0.842. The fourth-order valence-corrected chi connectivity index (χ4v) is 3.54. The first kappa shape index (κ1) is 15.5. The maximum Gasteiger partial charge on any atom is 0.240 e. The second kappa shape index (κ2) is 6.37. The van der Waals surface area contributed by atoms with Crippen molar-refractivity contribution < 1.29 is 4.79 Å². The molecule has 4 heteroatoms. The van der Waals surface area contributed by atoms with E-state index in [-0.39, 0.29) is 6.04 Å². The number of likely N-dealkylation sites (tertiary alicyclic amines) is 1. The molecule has 0 saturated carbocycles. The lowest BCUT2D eigenvalue weighted by Gasteiger charge is -2.37. The molecule has 0 radical (unpaired) electrons. The van der Waals surface area contributed by atoms with Crippen molar-refractivity contribution in [3.05, 3.63) is 29.1 Å². The number of piperidine rings is 1. The first-order valence-electron chi connectivity index (χ1n) is 8.54. The Morgan fingerprint density at radius 2 is 2.09 bits per heavy atom. The summed E-state index contributed by atoms with van der Waals surface area (Å²) in [5.74, 6) is 0.765. The molecule has 1 aromatic rings. The summed E-state index contributed by atoms with van der Waals surface area (Å²) in [4.78, 5) is 21.9. The van der Waals surface area contributed by atoms with Crippen molar-refractivity contribution in [3.8, 4) is 0 Å². The maximum absolute atomic E-state index is 12.8. The van der Waals surface area contributed by atoms with Crippen molar-refractivity contribution in [3.63, 3.8) is 0 Å². The summed E-state index contributed by atoms with van der Waals surface area (Å²) < 4.78 is 0. The van der Waals surface area contributed by atoms with E-state index < -0.39 is 0 Å². The largest absolute Gasteiger partial charge is 0.337 e. The second-order valence-electron chi connectivity index (χ2n) is 7.00. The van der Waals surface area contributed by atoms with Crippen LogP contribution >= 0.6 is 0 Å². The molecule has 1 saturated heterocycles. The Morgan fingerprint density at radius 3 is 2.82 bits per heavy atom. The fraction of sp³-hybridized carbons (Fsp3) is 0.667. The van der Waals surface area contributed by atoms with Gasteiger partial charge in [-0.25, -0.2) is 0 Å². The van der Waals surface area contributed by atoms with Gasteiger partial charge in [0.2, 0.25) is 5.91 Å². The Labute approximate surface area is 133 Å². The first-order chi connectivity index (χ1) is 10.6. The lowest BCUT2D eigenvalue weighted by molar-refractivity contribution is -0.138. The number of hydrogen-bond acceptors (Lipinski definition) is 3. The molecule has 120 valence electrons. The van der Waals surface area contributed by atoms with Crippen molar-refractivity contribution in [1.82, 2.24) is 14.8 Å². The van der Waals surface area contributed by atoms with Crippen molar-refractivity contribution in [2.45, 2.75) is 58.0 Å². The summed E-state index contributed by atoms with van der Waals surface area (Å²) in [6.45, 7) is 6.92. The minimum atomic E-state index is 0.0817. The van der Waals surface area contributed by atoms with Gasteiger partial charge in [-0.1, -0.05) is 26.3 Å². The molecule has 0 unspecified atom stereocenters. The van der Waals surface area contributed by atoms with Crippen LogP contribution in [0.1, 0.15) is 56.0 Å². The number of fused-ring (bicyclic) bond motifs is 1. The van der Waals surface area contributed by atoms with Crippen LogP contribution in [0, 0.1) is 0 Å². The molecule has 1 atom stereocenters. The lowest BCUT2D eigenvalue weighted by Crippen LogP contribution is -2.50. The summed E-state index contributed by atoms with van der Waals surface area (Å²) in [5.41, 5.74) is 3.57. The zero-order chi connectivity index (χ0) is 15.7. The number of aromatic nitrogens is 1. The van der Waals surface area contributed by atoms with Gasteiger partial charge in [0, 0.05) is 30.9 Å². The molecule has 22 heavy (non-hydrogen) atoms. The number of pyridine rings is 1. The van der Waals surface area contributed by atoms with Crippen molar-refractivity contribution >= 4 is 5.91 Å². The monoisotopic (exact) mass is 301 g/mol. The van der Waals surface area contributed by atoms with Crippen LogP contribution in [-0.4, -0.2) is 46.9 Å². The fourth-order valence-electron chi connectivity index (χ4n) is 3.54. The van der Waals surface area contributed by atoms with Gasteiger partial charge in [-0.15, -0.1) is 0 Å². The predicted octanol–water partition coefficient (Wildman–Crippen LogP) is 2.57. The summed E-state index contributed by atoms with van der Waals surface area (Å²) in [5, 5.41) is 0. The van der Waals surface area contributed by atoms with Gasteiger partial charge >= 0.3 is 0 Å². The van der Waals surface area contributed by atoms with Gasteiger partial charge in [-0.05, 0) is 44.0 Å². The van der Waals surface area contributed by atoms with Crippen LogP contribution in [-0.2, 0) is 17.8 Å². The molecule has 1 fully saturated rings. The van der Waals surface area contributed by atoms with E-state index in [0.29, 0.717) is 11.8 Å². The molecule has 0 N–H and O–H groups in total. The molecule has 2 aliphatic heterocycles. The minimum absolute atomic E-state index is 0.0817. The Kier molecular flexibility index (Phi) is 4.48. The maximum atomic E-state index is 12.8. The van der Waals surface area contributed by atoms with Crippen LogP contribution in [0.15, 0.2) is 12.1 Å². The molecule has 0 spiro atoms. The van der Waals surface area contributed by atoms with E-state index in [1.165, 1.54) is 24.1 Å². The Hall–Kier alpha value is -1.42. The summed E-state index contributed by atoms with van der Waals surface area (Å²) in [6.07, 6.45) is 4.27. The third-order valence-electron chi connectivity index (χ3n) is 5.03. The van der Waals surface area contributed by atoms with Gasteiger partial charge in [0.05, 0.1) is 6.04 Å². The zero-order valence-electron chi connectivity index (χ0n) is 14.0. The van der Waals surface area contributed by atoms with Crippen LogP contribution < -0.4 is 0 Å². The highest BCUT2D eigenvalue weighted by Crippen LogP contribution is 2.24. The lowest BCUT2D eigenvalue weighted by atomic mass is 9.98. The van der Waals surface area contributed by atoms with E-state index in [4.69, 9.17) is 4.98 Å². The summed E-state index contributed by atoms with van der Waals surface area (Å²) in [7, 11) is 2.08. The van der Waals surface area contributed by atoms with E-state index in [0.717, 1.165) is 38.2 Å². The topological polar surface area (TPSA) is 36.4 Å². The van der Waals surface area contributed by atoms with Crippen LogP contribution in [0.2, 0.25) is 0 Å². The average molecular weight is 301 g/mol. The molecular weight excluding hydrogens is 274 g/mol. The van der Waals surface area contributed by atoms with E-state index in [9.17, 15) is 4.79 Å². The predicted molar refractivity (Wildman–Crippen MR) is 87.7 cm³/mol. The van der Waals surface area contributed by atoms with E-state index >= 15 is 0 Å². The van der Waals surface area contributed by atoms with Crippen LogP contribution in [0.25, 0.3) is 0 Å². The smallest absolute Gasteiger partial charge is 0.240 e. The Balaban J connectivity index is 1.72. The minimum Gasteiger partial charge on any atom is -0.337 e. The molecule has 0 aromatic carbocycles. The van der Waals surface area contributed by atoms with E-state index in [2.05, 4.69) is 37.9 Å². The molecule has 3 heterocycles. The third-order valence-corrected chi connectivity index (χ3v) is 5.03. The van der Waals surface area contributed by atoms with Gasteiger partial charge in [0.15, 0.2) is 0 Å². The van der Waals surface area contributed by atoms with E-state index in [1.807, 2.05) is 4.90 Å². The molecule has 0 bridgehead atoms. The average Bonchev–Trinajstić information content (AvgIpc) is 2.53. The van der Waals surface area contributed by atoms with Gasteiger partial charge in [-0.3, -0.25) is 14.7 Å². The van der Waals surface area contributed by atoms with Gasteiger partial charge in [0.25, 0.3) is 0 Å². The number of amides is 1. The molecule has 3 rings (SSSR count). The third kappa shape index (κ3) is 3.02. The second-order valence-corrected chi connectivity index (χ2v) is 7.00. The number of hydrogen-bond donors (Lipinski definition) is 0. The standard InChI is InChI=1S/C18H27N3O/c1-13(2)15-8-7-14-12-21(11-9-16(14)19-15)18(22)17-6-4-5-10-20(17)3/h7-8,13,17H,4-6,9-12H2,1-3H3/t17-/m1/s1. The summed E-state index contributed by atoms with van der Waals surface area (Å²) in [6, 6.07) is 4.37. The van der Waals surface area contributed by atoms with Crippen molar-refractivity contribution in [2.75, 3.05) is 20.1 Å². The Morgan fingerprint density at radius 1 is 1.27 bits per heavy atom. The molecule has 0 aliphatic carbocycles. The van der Waals surface area contributed by atoms with Crippen molar-refractivity contribution in [1.29, 1.82) is 0 Å². The molecule has 1 amide bonds. The summed E-state index contributed by atoms with van der Waals surface area (Å²) >= 11 is 0. The number of nitrogens with zero attached hydrogens (tertiary/aromatic N) is 3. The van der Waals surface area contributed by atoms with Gasteiger partial charge < -0.3 is 4.90 Å². The van der Waals surface area contributed by atoms with Crippen LogP contribution in [0.4, 0.5) is 0 Å². The van der Waals surface area contributed by atoms with Crippen LogP contribution in [0.5, 0.6) is 0 Å². The SMILES string of the molecule is CC(C)c1ccc2c(n1)CCN(C(=O)[C@H]1CCCCN1C)C2. The molecule has 4 nitrogen and oxygen atoms in total. The zero-order valence-corrected chi connectivity index (χ0v) is 14.0. The van der Waals surface area contributed by atoms with Crippen molar-refractivity contribution in [2.24, 2.45) is 0 Å². The van der Waals surface area contributed by atoms with Gasteiger partial charge in [0.1, 0.15) is 0 Å². The number of likely N-dealkylation sites (N-methyl/N-ethyl adjacent to an activating group) is 1. The highest BCUT2D eigenvalue weighted by molar-refractivity contribution is 5.82. The molecule has 2 aliphatic rings. The van der Waals surface area contributed by atoms with E-state index in [1.54, 1.807) is 0 Å². The number of carbonyl (C=O) groups is 1. The van der Waals surface area contributed by atoms with Crippen LogP contribution in [0.3, 0.4) is 0 Å². The highest BCUT2D eigenvalue weighted by Gasteiger charge is 2.31. The number of carbonyl (C=O) groups excluding carboxylic acids is 1. The Bertz CT molecular complexity index is 555. The number of rotatable bonds is 2. The first-order valence-corrected chi connectivity index (χ1v) is 8.54. The molecular formula is C18H27N3O. The highest BCUT2D eigenvalue weighted by atomic mass is 16.2. The molecule has 1 aromatic heterocycles. The normalized spacial score (nSPS) is 22.7. The van der Waals surface area contributed by atoms with Gasteiger partial charge in [-0.2, -0.15) is 0 Å².